The Morgan fingerprint density at radius 1 is 0.931 bits per heavy atom. The number of hydrogen-bond donors (Lipinski definition) is 2. The van der Waals surface area contributed by atoms with E-state index in [1.54, 1.807) is 0 Å². The molecule has 0 spiro atoms. The number of fused-ring (bicyclic) bond motifs is 1. The first-order valence-electron chi connectivity index (χ1n) is 9.36. The van der Waals surface area contributed by atoms with Crippen molar-refractivity contribution in [1.82, 2.24) is 30.2 Å². The summed E-state index contributed by atoms with van der Waals surface area (Å²) in [7, 11) is 0. The topological polar surface area (TPSA) is 98.3 Å². The number of aromatic amines is 1. The van der Waals surface area contributed by atoms with Crippen molar-refractivity contribution in [3.8, 4) is 11.1 Å². The van der Waals surface area contributed by atoms with Gasteiger partial charge in [-0.1, -0.05) is 59.8 Å². The minimum Gasteiger partial charge on any atom is -0.384 e. The highest BCUT2D eigenvalue weighted by Gasteiger charge is 2.10. The first-order valence-corrected chi connectivity index (χ1v) is 9.36. The van der Waals surface area contributed by atoms with Gasteiger partial charge in [-0.25, -0.2) is 10.1 Å². The zero-order valence-electron chi connectivity index (χ0n) is 15.7. The number of benzene rings is 2. The second kappa shape index (κ2) is 7.20. The van der Waals surface area contributed by atoms with E-state index in [1.165, 1.54) is 16.7 Å². The smallest absolute Gasteiger partial charge is 0.178 e. The maximum atomic E-state index is 5.89. The molecule has 3 heterocycles. The number of pyridine rings is 1. The highest BCUT2D eigenvalue weighted by Crippen LogP contribution is 2.21. The third kappa shape index (κ3) is 3.58. The monoisotopic (exact) mass is 381 g/mol. The van der Waals surface area contributed by atoms with Gasteiger partial charge in [0.15, 0.2) is 5.65 Å². The highest BCUT2D eigenvalue weighted by atomic mass is 15.3. The molecule has 0 aliphatic carbocycles. The fourth-order valence-electron chi connectivity index (χ4n) is 3.48. The van der Waals surface area contributed by atoms with Crippen LogP contribution in [-0.4, -0.2) is 30.2 Å². The lowest BCUT2D eigenvalue weighted by molar-refractivity contribution is 0.686. The van der Waals surface area contributed by atoms with Gasteiger partial charge in [-0.2, -0.15) is 5.10 Å². The van der Waals surface area contributed by atoms with Crippen molar-refractivity contribution in [2.75, 3.05) is 5.73 Å². The first-order chi connectivity index (χ1) is 14.2. The van der Waals surface area contributed by atoms with E-state index in [0.717, 1.165) is 16.6 Å². The van der Waals surface area contributed by atoms with Crippen LogP contribution >= 0.6 is 0 Å². The van der Waals surface area contributed by atoms with Crippen LogP contribution in [0.4, 0.5) is 5.82 Å². The van der Waals surface area contributed by atoms with Crippen molar-refractivity contribution < 1.29 is 0 Å². The lowest BCUT2D eigenvalue weighted by atomic mass is 10.0. The van der Waals surface area contributed by atoms with Crippen LogP contribution in [0.1, 0.15) is 16.7 Å². The molecule has 0 aliphatic rings. The van der Waals surface area contributed by atoms with Crippen molar-refractivity contribution in [3.63, 3.8) is 0 Å². The average molecular weight is 381 g/mol. The van der Waals surface area contributed by atoms with Crippen LogP contribution in [0.2, 0.25) is 0 Å². The van der Waals surface area contributed by atoms with Crippen molar-refractivity contribution >= 4 is 17.0 Å². The van der Waals surface area contributed by atoms with Crippen LogP contribution in [0.15, 0.2) is 73.1 Å². The summed E-state index contributed by atoms with van der Waals surface area (Å²) in [5, 5.41) is 15.2. The lowest BCUT2D eigenvalue weighted by Crippen LogP contribution is -2.00. The summed E-state index contributed by atoms with van der Waals surface area (Å²) in [6.07, 6.45) is 4.59. The van der Waals surface area contributed by atoms with E-state index in [1.807, 2.05) is 29.2 Å². The molecule has 5 aromatic rings. The largest absolute Gasteiger partial charge is 0.384 e. The Bertz CT molecular complexity index is 1250. The van der Waals surface area contributed by atoms with Crippen molar-refractivity contribution in [3.05, 3.63) is 89.7 Å². The number of rotatable bonds is 5. The van der Waals surface area contributed by atoms with Crippen LogP contribution in [-0.2, 0) is 13.0 Å². The molecule has 2 aromatic carbocycles. The summed E-state index contributed by atoms with van der Waals surface area (Å²) in [5.41, 5.74) is 12.9. The van der Waals surface area contributed by atoms with Gasteiger partial charge in [0.25, 0.3) is 0 Å². The van der Waals surface area contributed by atoms with E-state index in [0.29, 0.717) is 24.4 Å². The predicted octanol–water partition coefficient (Wildman–Crippen LogP) is 3.44. The van der Waals surface area contributed by atoms with Gasteiger partial charge < -0.3 is 5.73 Å². The molecule has 0 saturated carbocycles. The van der Waals surface area contributed by atoms with E-state index in [2.05, 4.69) is 74.0 Å². The molecule has 0 atom stereocenters. The number of aromatic nitrogens is 6. The normalized spacial score (nSPS) is 11.2. The first kappa shape index (κ1) is 17.1. The van der Waals surface area contributed by atoms with E-state index in [4.69, 9.17) is 5.73 Å². The minimum absolute atomic E-state index is 0.449. The van der Waals surface area contributed by atoms with Gasteiger partial charge in [0.2, 0.25) is 0 Å². The Hall–Kier alpha value is -4.00. The molecule has 29 heavy (non-hydrogen) atoms. The molecule has 0 saturated heterocycles. The molecule has 0 fully saturated rings. The van der Waals surface area contributed by atoms with E-state index in [-0.39, 0.29) is 0 Å². The summed E-state index contributed by atoms with van der Waals surface area (Å²) in [6.45, 7) is 0.715. The molecule has 3 N–H and O–H groups in total. The molecule has 0 bridgehead atoms. The van der Waals surface area contributed by atoms with Crippen LogP contribution in [0.25, 0.3) is 22.3 Å². The summed E-state index contributed by atoms with van der Waals surface area (Å²) in [4.78, 5) is 4.20. The Kier molecular flexibility index (Phi) is 4.25. The van der Waals surface area contributed by atoms with Crippen molar-refractivity contribution in [2.45, 2.75) is 13.0 Å². The number of nitrogens with zero attached hydrogens (tertiary/aromatic N) is 5. The Morgan fingerprint density at radius 3 is 2.55 bits per heavy atom. The van der Waals surface area contributed by atoms with E-state index in [9.17, 15) is 0 Å². The molecule has 0 radical (unpaired) electrons. The molecule has 142 valence electrons. The zero-order valence-corrected chi connectivity index (χ0v) is 15.7. The molecule has 5 rings (SSSR count). The molecule has 0 aliphatic heterocycles. The summed E-state index contributed by atoms with van der Waals surface area (Å²) in [5.74, 6) is 0.449. The fraction of sp³-hybridized carbons (Fsp3) is 0.0909. The number of H-pyrrole nitrogens is 1. The molecule has 0 unspecified atom stereocenters. The van der Waals surface area contributed by atoms with Crippen LogP contribution in [0.5, 0.6) is 0 Å². The van der Waals surface area contributed by atoms with Gasteiger partial charge in [-0.15, -0.1) is 5.10 Å². The molecule has 7 heteroatoms. The maximum Gasteiger partial charge on any atom is 0.178 e. The zero-order chi connectivity index (χ0) is 19.6. The third-order valence-corrected chi connectivity index (χ3v) is 4.88. The maximum absolute atomic E-state index is 5.89. The number of hydrogen-bond acceptors (Lipinski definition) is 5. The SMILES string of the molecule is Nc1cc(Cc2cnn(Cc3ccc(-c4ccccc4)cc3)c2)c2nn[nH]c2n1. The van der Waals surface area contributed by atoms with Crippen molar-refractivity contribution in [2.24, 2.45) is 0 Å². The summed E-state index contributed by atoms with van der Waals surface area (Å²) < 4.78 is 1.94. The summed E-state index contributed by atoms with van der Waals surface area (Å²) in [6, 6.07) is 20.8. The third-order valence-electron chi connectivity index (χ3n) is 4.88. The van der Waals surface area contributed by atoms with E-state index >= 15 is 0 Å². The quantitative estimate of drug-likeness (QED) is 0.486. The average Bonchev–Trinajstić information content (AvgIpc) is 3.38. The number of anilines is 1. The molecule has 3 aromatic heterocycles. The van der Waals surface area contributed by atoms with Gasteiger partial charge >= 0.3 is 0 Å². The summed E-state index contributed by atoms with van der Waals surface area (Å²) >= 11 is 0. The lowest BCUT2D eigenvalue weighted by Gasteiger charge is -2.05. The number of nitrogens with one attached hydrogen (secondary N) is 1. The van der Waals surface area contributed by atoms with Gasteiger partial charge in [0.05, 0.1) is 12.7 Å². The fourth-order valence-corrected chi connectivity index (χ4v) is 3.48. The van der Waals surface area contributed by atoms with Gasteiger partial charge in [-0.3, -0.25) is 4.68 Å². The molecule has 0 amide bonds. The Labute approximate surface area is 167 Å². The van der Waals surface area contributed by atoms with Crippen LogP contribution in [0.3, 0.4) is 0 Å². The van der Waals surface area contributed by atoms with E-state index < -0.39 is 0 Å². The highest BCUT2D eigenvalue weighted by molar-refractivity contribution is 5.76. The number of nitrogens with two attached hydrogens (primary N) is 1. The van der Waals surface area contributed by atoms with Gasteiger partial charge in [-0.05, 0) is 33.9 Å². The van der Waals surface area contributed by atoms with Crippen molar-refractivity contribution in [1.29, 1.82) is 0 Å². The molecule has 7 nitrogen and oxygen atoms in total. The number of nitrogen functional groups attached to an aromatic ring is 1. The van der Waals surface area contributed by atoms with Crippen LogP contribution in [0, 0.1) is 0 Å². The predicted molar refractivity (Wildman–Crippen MR) is 112 cm³/mol. The Balaban J connectivity index is 1.32. The molecular formula is C22H19N7. The minimum atomic E-state index is 0.449. The standard InChI is InChI=1S/C22H19N7/c23-20-11-19(21-22(25-20)27-28-26-21)10-16-12-24-29(14-16)13-15-6-8-18(9-7-15)17-4-2-1-3-5-17/h1-9,11-12,14H,10,13H2,(H3,23,25,26,27,28). The second-order valence-corrected chi connectivity index (χ2v) is 7.00. The second-order valence-electron chi connectivity index (χ2n) is 7.00. The van der Waals surface area contributed by atoms with Crippen LogP contribution < -0.4 is 5.73 Å². The van der Waals surface area contributed by atoms with Gasteiger partial charge in [0.1, 0.15) is 11.3 Å². The molecular weight excluding hydrogens is 362 g/mol. The van der Waals surface area contributed by atoms with Gasteiger partial charge in [0, 0.05) is 12.6 Å². The Morgan fingerprint density at radius 2 is 1.72 bits per heavy atom.